The second-order valence-corrected chi connectivity index (χ2v) is 8.98. The van der Waals surface area contributed by atoms with Crippen LogP contribution in [-0.2, 0) is 16.0 Å². The van der Waals surface area contributed by atoms with Crippen molar-refractivity contribution in [1.29, 1.82) is 0 Å². The fraction of sp³-hybridized carbons (Fsp3) is 0.360. The lowest BCUT2D eigenvalue weighted by Gasteiger charge is -2.25. The molecular weight excluding hydrogens is 406 g/mol. The summed E-state index contributed by atoms with van der Waals surface area (Å²) >= 11 is 1.66. The summed E-state index contributed by atoms with van der Waals surface area (Å²) in [6.45, 7) is 4.16. The van der Waals surface area contributed by atoms with Crippen molar-refractivity contribution in [3.8, 4) is 11.3 Å². The van der Waals surface area contributed by atoms with Crippen molar-refractivity contribution < 1.29 is 9.53 Å². The Hall–Kier alpha value is -2.70. The van der Waals surface area contributed by atoms with Crippen molar-refractivity contribution in [2.24, 2.45) is 0 Å². The highest BCUT2D eigenvalue weighted by molar-refractivity contribution is 7.15. The third-order valence-electron chi connectivity index (χ3n) is 6.07. The van der Waals surface area contributed by atoms with E-state index in [1.54, 1.807) is 11.3 Å². The van der Waals surface area contributed by atoms with Crippen LogP contribution < -0.4 is 0 Å². The van der Waals surface area contributed by atoms with Crippen LogP contribution in [0.4, 0.5) is 0 Å². The van der Waals surface area contributed by atoms with Crippen LogP contribution in [0.3, 0.4) is 0 Å². The topological polar surface area (TPSA) is 46.8 Å². The lowest BCUT2D eigenvalue weighted by molar-refractivity contribution is -0.132. The van der Waals surface area contributed by atoms with Crippen LogP contribution in [0.2, 0.25) is 0 Å². The molecule has 0 aliphatic carbocycles. The summed E-state index contributed by atoms with van der Waals surface area (Å²) in [5.74, 6) is 0.199. The maximum atomic E-state index is 12.5. The number of carbonyl (C=O) groups is 1. The van der Waals surface area contributed by atoms with Crippen LogP contribution >= 0.6 is 11.3 Å². The molecule has 5 nitrogen and oxygen atoms in total. The molecule has 0 radical (unpaired) electrons. The molecule has 160 valence electrons. The highest BCUT2D eigenvalue weighted by Crippen LogP contribution is 2.27. The van der Waals surface area contributed by atoms with Gasteiger partial charge < -0.3 is 9.64 Å². The molecule has 31 heavy (non-hydrogen) atoms. The zero-order valence-corrected chi connectivity index (χ0v) is 18.6. The van der Waals surface area contributed by atoms with Gasteiger partial charge in [-0.25, -0.2) is 4.98 Å². The maximum Gasteiger partial charge on any atom is 0.222 e. The monoisotopic (exact) mass is 433 g/mol. The van der Waals surface area contributed by atoms with Gasteiger partial charge in [0.25, 0.3) is 0 Å². The summed E-state index contributed by atoms with van der Waals surface area (Å²) in [4.78, 5) is 20.3. The maximum absolute atomic E-state index is 12.5. The van der Waals surface area contributed by atoms with E-state index in [4.69, 9.17) is 9.72 Å². The number of fused-ring (bicyclic) bond motifs is 2. The minimum absolute atomic E-state index is 0.186. The molecule has 1 aliphatic rings. The minimum Gasteiger partial charge on any atom is -0.376 e. The van der Waals surface area contributed by atoms with Gasteiger partial charge in [-0.15, -0.1) is 11.3 Å². The molecule has 0 spiro atoms. The van der Waals surface area contributed by atoms with Crippen LogP contribution in [-0.4, -0.2) is 46.0 Å². The number of nitrogens with zero attached hydrogens (tertiary/aromatic N) is 3. The smallest absolute Gasteiger partial charge is 0.222 e. The number of carbonyl (C=O) groups excluding carboxylic acids is 1. The molecule has 2 aromatic carbocycles. The molecular formula is C25H27N3O2S. The van der Waals surface area contributed by atoms with E-state index in [9.17, 15) is 4.79 Å². The van der Waals surface area contributed by atoms with Crippen LogP contribution in [0.15, 0.2) is 54.0 Å². The predicted octanol–water partition coefficient (Wildman–Crippen LogP) is 5.18. The number of aromatic nitrogens is 2. The minimum atomic E-state index is 0.186. The molecule has 1 saturated heterocycles. The highest BCUT2D eigenvalue weighted by atomic mass is 32.1. The first-order valence-electron chi connectivity index (χ1n) is 11.1. The van der Waals surface area contributed by atoms with Crippen LogP contribution in [0.1, 0.15) is 31.9 Å². The summed E-state index contributed by atoms with van der Waals surface area (Å²) in [6.07, 6.45) is 5.79. The molecule has 1 atom stereocenters. The normalized spacial score (nSPS) is 16.4. The Balaban J connectivity index is 1.35. The molecule has 0 bridgehead atoms. The van der Waals surface area contributed by atoms with Crippen LogP contribution in [0.25, 0.3) is 27.0 Å². The second-order valence-electron chi connectivity index (χ2n) is 8.15. The van der Waals surface area contributed by atoms with Crippen molar-refractivity contribution in [1.82, 2.24) is 14.3 Å². The first-order valence-corrected chi connectivity index (χ1v) is 11.9. The summed E-state index contributed by atoms with van der Waals surface area (Å²) < 4.78 is 7.94. The van der Waals surface area contributed by atoms with Gasteiger partial charge in [0.2, 0.25) is 5.91 Å². The van der Waals surface area contributed by atoms with Gasteiger partial charge in [0, 0.05) is 55.4 Å². The van der Waals surface area contributed by atoms with E-state index in [1.165, 1.54) is 16.5 Å². The third kappa shape index (κ3) is 4.23. The SMILES string of the molecule is CCC(=O)N(CCc1csc2nc(-c3ccc4ccccc4c3)cn12)CC1CCCO1. The number of rotatable bonds is 7. The molecule has 2 aromatic heterocycles. The number of benzene rings is 2. The van der Waals surface area contributed by atoms with E-state index in [-0.39, 0.29) is 12.0 Å². The van der Waals surface area contributed by atoms with E-state index in [0.717, 1.165) is 42.1 Å². The molecule has 1 unspecified atom stereocenters. The van der Waals surface area contributed by atoms with Crippen LogP contribution in [0.5, 0.6) is 0 Å². The predicted molar refractivity (Wildman–Crippen MR) is 126 cm³/mol. The molecule has 1 amide bonds. The van der Waals surface area contributed by atoms with Gasteiger partial charge in [-0.05, 0) is 29.7 Å². The number of hydrogen-bond donors (Lipinski definition) is 0. The summed E-state index contributed by atoms with van der Waals surface area (Å²) in [5.41, 5.74) is 3.31. The van der Waals surface area contributed by atoms with E-state index >= 15 is 0 Å². The average Bonchev–Trinajstić information content (AvgIpc) is 3.54. The summed E-state index contributed by atoms with van der Waals surface area (Å²) in [6, 6.07) is 14.9. The average molecular weight is 434 g/mol. The van der Waals surface area contributed by atoms with Crippen molar-refractivity contribution >= 4 is 33.0 Å². The van der Waals surface area contributed by atoms with Gasteiger partial charge in [-0.2, -0.15) is 0 Å². The highest BCUT2D eigenvalue weighted by Gasteiger charge is 2.22. The molecule has 0 saturated carbocycles. The number of ether oxygens (including phenoxy) is 1. The van der Waals surface area contributed by atoms with E-state index in [1.807, 2.05) is 11.8 Å². The fourth-order valence-electron chi connectivity index (χ4n) is 4.32. The van der Waals surface area contributed by atoms with Gasteiger partial charge in [-0.1, -0.05) is 43.3 Å². The molecule has 1 aliphatic heterocycles. The van der Waals surface area contributed by atoms with E-state index in [2.05, 4.69) is 58.4 Å². The largest absolute Gasteiger partial charge is 0.376 e. The number of amides is 1. The first kappa shape index (κ1) is 20.2. The van der Waals surface area contributed by atoms with E-state index in [0.29, 0.717) is 19.5 Å². The Labute approximate surface area is 186 Å². The van der Waals surface area contributed by atoms with Crippen molar-refractivity contribution in [2.75, 3.05) is 19.7 Å². The zero-order chi connectivity index (χ0) is 21.2. The Morgan fingerprint density at radius 2 is 2.13 bits per heavy atom. The lowest BCUT2D eigenvalue weighted by Crippen LogP contribution is -2.38. The van der Waals surface area contributed by atoms with Crippen molar-refractivity contribution in [3.63, 3.8) is 0 Å². The van der Waals surface area contributed by atoms with Gasteiger partial charge >= 0.3 is 0 Å². The first-order chi connectivity index (χ1) is 15.2. The molecule has 4 aromatic rings. The summed E-state index contributed by atoms with van der Waals surface area (Å²) in [5, 5.41) is 4.62. The Morgan fingerprint density at radius 3 is 2.94 bits per heavy atom. The lowest BCUT2D eigenvalue weighted by atomic mass is 10.1. The Bertz CT molecular complexity index is 1210. The van der Waals surface area contributed by atoms with Gasteiger partial charge in [-0.3, -0.25) is 9.20 Å². The van der Waals surface area contributed by atoms with Crippen molar-refractivity contribution in [3.05, 3.63) is 59.7 Å². The summed E-state index contributed by atoms with van der Waals surface area (Å²) in [7, 11) is 0. The van der Waals surface area contributed by atoms with Gasteiger partial charge in [0.05, 0.1) is 11.8 Å². The van der Waals surface area contributed by atoms with Crippen LogP contribution in [0, 0.1) is 0 Å². The number of imidazole rings is 1. The second kappa shape index (κ2) is 8.81. The molecule has 3 heterocycles. The van der Waals surface area contributed by atoms with E-state index < -0.39 is 0 Å². The molecule has 0 N–H and O–H groups in total. The Morgan fingerprint density at radius 1 is 1.26 bits per heavy atom. The molecule has 1 fully saturated rings. The molecule has 6 heteroatoms. The van der Waals surface area contributed by atoms with Crippen molar-refractivity contribution in [2.45, 2.75) is 38.7 Å². The quantitative estimate of drug-likeness (QED) is 0.404. The number of hydrogen-bond acceptors (Lipinski definition) is 4. The third-order valence-corrected chi connectivity index (χ3v) is 6.96. The number of thiazole rings is 1. The van der Waals surface area contributed by atoms with Gasteiger partial charge in [0.15, 0.2) is 4.96 Å². The zero-order valence-electron chi connectivity index (χ0n) is 17.8. The standard InChI is InChI=1S/C25H27N3O2S/c1-2-24(29)27(15-22-8-5-13-30-22)12-11-21-17-31-25-26-23(16-28(21)25)20-10-9-18-6-3-4-7-19(18)14-20/h3-4,6-7,9-10,14,16-17,22H,2,5,8,11-13,15H2,1H3. The fourth-order valence-corrected chi connectivity index (χ4v) is 5.23. The van der Waals surface area contributed by atoms with Gasteiger partial charge in [0.1, 0.15) is 0 Å². The molecule has 5 rings (SSSR count). The Kier molecular flexibility index (Phi) is 5.74.